The van der Waals surface area contributed by atoms with E-state index in [1.807, 2.05) is 33.0 Å². The molecule has 38 heavy (non-hydrogen) atoms. The molecule has 11 heteroatoms. The van der Waals surface area contributed by atoms with Crippen LogP contribution in [0.2, 0.25) is 0 Å². The molecule has 2 aromatic carbocycles. The lowest BCUT2D eigenvalue weighted by molar-refractivity contribution is -0.383. The largest absolute Gasteiger partial charge is 0.505 e. The minimum absolute atomic E-state index is 0.0576. The predicted octanol–water partition coefficient (Wildman–Crippen LogP) is 3.83. The van der Waals surface area contributed by atoms with Crippen LogP contribution < -0.4 is 5.32 Å². The van der Waals surface area contributed by atoms with Crippen molar-refractivity contribution in [2.45, 2.75) is 26.3 Å². The molecule has 1 atom stereocenters. The molecular formula is C27H25N7O4. The third-order valence-corrected chi connectivity index (χ3v) is 6.68. The normalized spacial score (nSPS) is 12.0. The van der Waals surface area contributed by atoms with Crippen molar-refractivity contribution in [3.63, 3.8) is 0 Å². The van der Waals surface area contributed by atoms with E-state index in [0.29, 0.717) is 5.56 Å². The number of nitrogens with one attached hydrogen (secondary N) is 1. The molecular weight excluding hydrogens is 486 g/mol. The summed E-state index contributed by atoms with van der Waals surface area (Å²) < 4.78 is 3.40. The molecule has 5 rings (SSSR count). The molecule has 1 amide bonds. The number of hydrogen-bond donors (Lipinski definition) is 2. The van der Waals surface area contributed by atoms with E-state index in [-0.39, 0.29) is 40.2 Å². The van der Waals surface area contributed by atoms with E-state index in [1.165, 1.54) is 18.3 Å². The van der Waals surface area contributed by atoms with Crippen LogP contribution >= 0.6 is 0 Å². The average Bonchev–Trinajstić information content (AvgIpc) is 3.53. The Morgan fingerprint density at radius 3 is 2.55 bits per heavy atom. The Morgan fingerprint density at radius 2 is 1.92 bits per heavy atom. The molecule has 0 radical (unpaired) electrons. The molecule has 0 aliphatic heterocycles. The number of hydrogen-bond acceptors (Lipinski definition) is 7. The topological polar surface area (TPSA) is 141 Å². The van der Waals surface area contributed by atoms with Crippen molar-refractivity contribution < 1.29 is 14.8 Å². The number of fused-ring (bicyclic) bond motifs is 1. The monoisotopic (exact) mass is 511 g/mol. The van der Waals surface area contributed by atoms with Gasteiger partial charge >= 0.3 is 0 Å². The van der Waals surface area contributed by atoms with Gasteiger partial charge in [0.25, 0.3) is 5.69 Å². The Labute approximate surface area is 217 Å². The number of carbonyl (C=O) groups excluding carboxylic acids is 1. The van der Waals surface area contributed by atoms with E-state index in [0.717, 1.165) is 22.6 Å². The van der Waals surface area contributed by atoms with Gasteiger partial charge in [-0.3, -0.25) is 24.6 Å². The Hall–Kier alpha value is -5.06. The van der Waals surface area contributed by atoms with Crippen LogP contribution in [0.1, 0.15) is 34.1 Å². The summed E-state index contributed by atoms with van der Waals surface area (Å²) in [6.07, 6.45) is 4.98. The Balaban J connectivity index is 1.60. The maximum atomic E-state index is 13.3. The highest BCUT2D eigenvalue weighted by atomic mass is 16.6. The Kier molecular flexibility index (Phi) is 6.33. The number of phenolic OH excluding ortho intramolecular Hbond substituents is 1. The number of non-ortho nitro benzene ring substituents is 1. The van der Waals surface area contributed by atoms with Crippen LogP contribution in [0, 0.1) is 24.0 Å². The summed E-state index contributed by atoms with van der Waals surface area (Å²) in [6, 6.07) is 12.5. The van der Waals surface area contributed by atoms with Crippen molar-refractivity contribution in [3.8, 4) is 11.4 Å². The summed E-state index contributed by atoms with van der Waals surface area (Å²) in [5.74, 6) is -0.560. The number of carbonyl (C=O) groups is 1. The van der Waals surface area contributed by atoms with Crippen molar-refractivity contribution in [2.75, 3.05) is 0 Å². The van der Waals surface area contributed by atoms with Crippen LogP contribution in [-0.4, -0.2) is 40.5 Å². The molecule has 0 fully saturated rings. The number of nitro benzene ring substituents is 1. The van der Waals surface area contributed by atoms with Gasteiger partial charge in [0.05, 0.1) is 34.2 Å². The van der Waals surface area contributed by atoms with Crippen LogP contribution in [0.5, 0.6) is 5.75 Å². The van der Waals surface area contributed by atoms with Crippen molar-refractivity contribution >= 4 is 22.5 Å². The van der Waals surface area contributed by atoms with Crippen LogP contribution in [0.25, 0.3) is 16.6 Å². The number of aryl methyl sites for hydroxylation is 2. The van der Waals surface area contributed by atoms with Crippen molar-refractivity contribution in [2.24, 2.45) is 7.05 Å². The molecule has 192 valence electrons. The first-order valence-electron chi connectivity index (χ1n) is 11.9. The highest BCUT2D eigenvalue weighted by molar-refractivity contribution is 5.94. The molecule has 0 bridgehead atoms. The maximum absolute atomic E-state index is 13.3. The van der Waals surface area contributed by atoms with Crippen molar-refractivity contribution in [3.05, 3.63) is 105 Å². The number of benzene rings is 2. The zero-order valence-electron chi connectivity index (χ0n) is 21.0. The molecule has 11 nitrogen and oxygen atoms in total. The fourth-order valence-electron chi connectivity index (χ4n) is 4.63. The second-order valence-electron chi connectivity index (χ2n) is 8.98. The summed E-state index contributed by atoms with van der Waals surface area (Å²) >= 11 is 0. The fourth-order valence-corrected chi connectivity index (χ4v) is 4.63. The highest BCUT2D eigenvalue weighted by Crippen LogP contribution is 2.39. The van der Waals surface area contributed by atoms with Crippen molar-refractivity contribution in [1.29, 1.82) is 0 Å². The molecule has 0 saturated carbocycles. The average molecular weight is 512 g/mol. The number of phenols is 1. The summed E-state index contributed by atoms with van der Waals surface area (Å²) in [6.45, 7) is 3.73. The molecule has 3 heterocycles. The predicted molar refractivity (Wildman–Crippen MR) is 140 cm³/mol. The maximum Gasteiger partial charge on any atom is 0.279 e. The first kappa shape index (κ1) is 24.6. The number of nitro groups is 1. The van der Waals surface area contributed by atoms with Crippen LogP contribution in [0.3, 0.4) is 0 Å². The fraction of sp³-hybridized carbons (Fsp3) is 0.185. The number of amides is 1. The number of pyridine rings is 1. The third-order valence-electron chi connectivity index (χ3n) is 6.68. The first-order valence-corrected chi connectivity index (χ1v) is 11.9. The summed E-state index contributed by atoms with van der Waals surface area (Å²) in [5.41, 5.74) is 3.86. The number of nitrogens with zero attached hydrogens (tertiary/aromatic N) is 6. The molecule has 0 aliphatic rings. The van der Waals surface area contributed by atoms with Crippen LogP contribution in [0.15, 0.2) is 67.1 Å². The van der Waals surface area contributed by atoms with Gasteiger partial charge < -0.3 is 10.4 Å². The van der Waals surface area contributed by atoms with Crippen LogP contribution in [0.4, 0.5) is 5.69 Å². The lowest BCUT2D eigenvalue weighted by atomic mass is 9.94. The van der Waals surface area contributed by atoms with E-state index < -0.39 is 11.0 Å². The summed E-state index contributed by atoms with van der Waals surface area (Å²) in [5, 5.41) is 35.0. The molecule has 0 saturated heterocycles. The summed E-state index contributed by atoms with van der Waals surface area (Å²) in [4.78, 5) is 29.0. The second kappa shape index (κ2) is 9.77. The van der Waals surface area contributed by atoms with Gasteiger partial charge in [-0.1, -0.05) is 12.1 Å². The van der Waals surface area contributed by atoms with E-state index in [1.54, 1.807) is 46.0 Å². The van der Waals surface area contributed by atoms with Gasteiger partial charge in [-0.15, -0.1) is 0 Å². The minimum atomic E-state index is -0.892. The van der Waals surface area contributed by atoms with Gasteiger partial charge in [0, 0.05) is 48.5 Å². The zero-order chi connectivity index (χ0) is 27.0. The van der Waals surface area contributed by atoms with Gasteiger partial charge in [0.1, 0.15) is 11.3 Å². The van der Waals surface area contributed by atoms with Crippen LogP contribution in [-0.2, 0) is 18.3 Å². The molecule has 2 N–H and O–H groups in total. The molecule has 0 aliphatic carbocycles. The Morgan fingerprint density at radius 1 is 1.16 bits per heavy atom. The molecule has 1 unspecified atom stereocenters. The van der Waals surface area contributed by atoms with E-state index >= 15 is 0 Å². The van der Waals surface area contributed by atoms with Crippen molar-refractivity contribution in [1.82, 2.24) is 29.9 Å². The summed E-state index contributed by atoms with van der Waals surface area (Å²) in [7, 11) is 1.81. The minimum Gasteiger partial charge on any atom is -0.505 e. The molecule has 3 aromatic heterocycles. The highest BCUT2D eigenvalue weighted by Gasteiger charge is 2.27. The Bertz CT molecular complexity index is 1660. The van der Waals surface area contributed by atoms with Gasteiger partial charge in [0.15, 0.2) is 0 Å². The number of aromatic hydroxyl groups is 1. The van der Waals surface area contributed by atoms with Gasteiger partial charge in [-0.2, -0.15) is 10.2 Å². The number of rotatable bonds is 7. The second-order valence-corrected chi connectivity index (χ2v) is 8.98. The number of aromatic nitrogens is 5. The standard InChI is InChI=1S/C27H25N7O4/c1-16-21(17(2)32(3)31-16)15-24(35)30-25(18-7-9-19(10-8-18)33-13-5-12-29-33)22-14-23(34(37)38)20-6-4-11-28-26(20)27(22)36/h4-14,25,36H,15H2,1-3H3,(H,30,35). The SMILES string of the molecule is Cc1nn(C)c(C)c1CC(=O)NC(c1ccc(-n2cccn2)cc1)c1cc([N+](=O)[O-])c2cccnc2c1O. The lowest BCUT2D eigenvalue weighted by Crippen LogP contribution is -2.31. The quantitative estimate of drug-likeness (QED) is 0.250. The van der Waals surface area contributed by atoms with Gasteiger partial charge in [-0.25, -0.2) is 4.68 Å². The zero-order valence-corrected chi connectivity index (χ0v) is 21.0. The lowest BCUT2D eigenvalue weighted by Gasteiger charge is -2.22. The van der Waals surface area contributed by atoms with E-state index in [9.17, 15) is 20.0 Å². The molecule has 5 aromatic rings. The smallest absolute Gasteiger partial charge is 0.279 e. The van der Waals surface area contributed by atoms with E-state index in [2.05, 4.69) is 20.5 Å². The van der Waals surface area contributed by atoms with Gasteiger partial charge in [0.2, 0.25) is 5.91 Å². The first-order chi connectivity index (χ1) is 18.2. The molecule has 0 spiro atoms. The van der Waals surface area contributed by atoms with Gasteiger partial charge in [-0.05, 0) is 49.7 Å². The third kappa shape index (κ3) is 4.45. The van der Waals surface area contributed by atoms with E-state index in [4.69, 9.17) is 0 Å².